The Morgan fingerprint density at radius 3 is 2.06 bits per heavy atom. The van der Waals surface area contributed by atoms with Gasteiger partial charge in [-0.3, -0.25) is 9.59 Å². The minimum atomic E-state index is -0.821. The van der Waals surface area contributed by atoms with Crippen LogP contribution in [0.25, 0.3) is 0 Å². The summed E-state index contributed by atoms with van der Waals surface area (Å²) in [5, 5.41) is 6.10. The number of carbonyl (C=O) groups excluding carboxylic acids is 3. The van der Waals surface area contributed by atoms with E-state index in [-0.39, 0.29) is 12.4 Å². The van der Waals surface area contributed by atoms with Crippen molar-refractivity contribution in [2.75, 3.05) is 17.2 Å². The standard InChI is InChI=1S/C25H23ClN2O6/c1-3-32-25(31)34-20-12-8-17(9-13-20)24(30)28-22-7-5-4-6-21(22)27-23(29)16(2)33-19-14-10-18(26)11-15-19/h4-16H,3H2,1-2H3,(H,27,29)(H,28,30). The lowest BCUT2D eigenvalue weighted by atomic mass is 10.2. The first-order valence-electron chi connectivity index (χ1n) is 10.4. The monoisotopic (exact) mass is 482 g/mol. The summed E-state index contributed by atoms with van der Waals surface area (Å²) < 4.78 is 15.3. The minimum Gasteiger partial charge on any atom is -0.481 e. The fourth-order valence-electron chi connectivity index (χ4n) is 2.82. The topological polar surface area (TPSA) is 103 Å². The Bertz CT molecular complexity index is 1150. The maximum atomic E-state index is 12.7. The van der Waals surface area contributed by atoms with Crippen LogP contribution in [-0.4, -0.2) is 30.7 Å². The predicted octanol–water partition coefficient (Wildman–Crippen LogP) is 5.53. The van der Waals surface area contributed by atoms with E-state index in [1.807, 2.05) is 0 Å². The van der Waals surface area contributed by atoms with Crippen molar-refractivity contribution in [3.05, 3.63) is 83.4 Å². The number of anilines is 2. The van der Waals surface area contributed by atoms with Gasteiger partial charge < -0.3 is 24.8 Å². The van der Waals surface area contributed by atoms with Crippen LogP contribution in [-0.2, 0) is 9.53 Å². The molecule has 34 heavy (non-hydrogen) atoms. The number of rotatable bonds is 8. The van der Waals surface area contributed by atoms with Crippen molar-refractivity contribution in [3.8, 4) is 11.5 Å². The van der Waals surface area contributed by atoms with Crippen LogP contribution >= 0.6 is 11.6 Å². The first kappa shape index (κ1) is 24.6. The van der Waals surface area contributed by atoms with E-state index in [9.17, 15) is 14.4 Å². The van der Waals surface area contributed by atoms with E-state index in [1.165, 1.54) is 24.3 Å². The number of nitrogens with one attached hydrogen (secondary N) is 2. The summed E-state index contributed by atoms with van der Waals surface area (Å²) in [5.41, 5.74) is 1.15. The summed E-state index contributed by atoms with van der Waals surface area (Å²) in [5.74, 6) is -0.0479. The molecule has 0 aromatic heterocycles. The van der Waals surface area contributed by atoms with E-state index < -0.39 is 24.1 Å². The van der Waals surface area contributed by atoms with Crippen LogP contribution in [0.15, 0.2) is 72.8 Å². The molecule has 0 saturated carbocycles. The van der Waals surface area contributed by atoms with E-state index in [0.717, 1.165) is 0 Å². The van der Waals surface area contributed by atoms with Gasteiger partial charge in [-0.1, -0.05) is 23.7 Å². The maximum absolute atomic E-state index is 12.7. The number of para-hydroxylation sites is 2. The Balaban J connectivity index is 1.63. The average Bonchev–Trinajstić information content (AvgIpc) is 2.82. The molecule has 0 radical (unpaired) electrons. The zero-order valence-electron chi connectivity index (χ0n) is 18.5. The lowest BCUT2D eigenvalue weighted by Gasteiger charge is -2.17. The number of benzene rings is 3. The van der Waals surface area contributed by atoms with Gasteiger partial charge in [0.2, 0.25) is 0 Å². The molecule has 1 unspecified atom stereocenters. The Morgan fingerprint density at radius 1 is 0.853 bits per heavy atom. The molecule has 0 saturated heterocycles. The highest BCUT2D eigenvalue weighted by Crippen LogP contribution is 2.23. The first-order chi connectivity index (χ1) is 16.4. The van der Waals surface area contributed by atoms with Crippen LogP contribution in [0.1, 0.15) is 24.2 Å². The van der Waals surface area contributed by atoms with Gasteiger partial charge in [0, 0.05) is 10.6 Å². The molecule has 9 heteroatoms. The van der Waals surface area contributed by atoms with Gasteiger partial charge >= 0.3 is 6.16 Å². The summed E-state index contributed by atoms with van der Waals surface area (Å²) in [4.78, 5) is 36.7. The summed E-state index contributed by atoms with van der Waals surface area (Å²) in [6.45, 7) is 3.48. The summed E-state index contributed by atoms with van der Waals surface area (Å²) in [6.07, 6.45) is -1.62. The van der Waals surface area contributed by atoms with E-state index in [2.05, 4.69) is 10.6 Å². The molecule has 176 valence electrons. The smallest absolute Gasteiger partial charge is 0.481 e. The second-order valence-corrected chi connectivity index (χ2v) is 7.45. The predicted molar refractivity (Wildman–Crippen MR) is 129 cm³/mol. The summed E-state index contributed by atoms with van der Waals surface area (Å²) in [7, 11) is 0. The third-order valence-corrected chi connectivity index (χ3v) is 4.76. The molecule has 2 N–H and O–H groups in total. The molecule has 0 aliphatic heterocycles. The van der Waals surface area contributed by atoms with Gasteiger partial charge in [0.1, 0.15) is 11.5 Å². The lowest BCUT2D eigenvalue weighted by Crippen LogP contribution is -2.30. The summed E-state index contributed by atoms with van der Waals surface area (Å²) in [6, 6.07) is 19.4. The van der Waals surface area contributed by atoms with Crippen molar-refractivity contribution in [1.29, 1.82) is 0 Å². The van der Waals surface area contributed by atoms with Gasteiger partial charge in [-0.15, -0.1) is 0 Å². The quantitative estimate of drug-likeness (QED) is 0.323. The van der Waals surface area contributed by atoms with E-state index in [1.54, 1.807) is 62.4 Å². The number of halogens is 1. The van der Waals surface area contributed by atoms with Crippen molar-refractivity contribution in [1.82, 2.24) is 0 Å². The van der Waals surface area contributed by atoms with E-state index in [4.69, 9.17) is 25.8 Å². The van der Waals surface area contributed by atoms with Crippen molar-refractivity contribution >= 4 is 40.9 Å². The molecule has 3 aromatic carbocycles. The molecule has 0 fully saturated rings. The van der Waals surface area contributed by atoms with Crippen molar-refractivity contribution in [2.45, 2.75) is 20.0 Å². The van der Waals surface area contributed by atoms with Crippen molar-refractivity contribution < 1.29 is 28.6 Å². The average molecular weight is 483 g/mol. The molecule has 0 heterocycles. The molecular weight excluding hydrogens is 460 g/mol. The van der Waals surface area contributed by atoms with Crippen molar-refractivity contribution in [3.63, 3.8) is 0 Å². The molecule has 8 nitrogen and oxygen atoms in total. The van der Waals surface area contributed by atoms with Gasteiger partial charge in [0.05, 0.1) is 18.0 Å². The third kappa shape index (κ3) is 6.98. The zero-order valence-corrected chi connectivity index (χ0v) is 19.3. The largest absolute Gasteiger partial charge is 0.513 e. The molecule has 0 bridgehead atoms. The van der Waals surface area contributed by atoms with Crippen molar-refractivity contribution in [2.24, 2.45) is 0 Å². The van der Waals surface area contributed by atoms with Gasteiger partial charge in [0.15, 0.2) is 6.10 Å². The molecule has 0 aliphatic carbocycles. The van der Waals surface area contributed by atoms with Gasteiger partial charge in [-0.2, -0.15) is 0 Å². The fourth-order valence-corrected chi connectivity index (χ4v) is 2.94. The first-order valence-corrected chi connectivity index (χ1v) is 10.8. The molecule has 3 aromatic rings. The number of carbonyl (C=O) groups is 3. The molecule has 2 amide bonds. The minimum absolute atomic E-state index is 0.196. The number of hydrogen-bond acceptors (Lipinski definition) is 6. The highest BCUT2D eigenvalue weighted by molar-refractivity contribution is 6.30. The highest BCUT2D eigenvalue weighted by atomic mass is 35.5. The number of amides is 2. The van der Waals surface area contributed by atoms with Gasteiger partial charge in [0.25, 0.3) is 11.8 Å². The Kier molecular flexibility index (Phi) is 8.48. The SMILES string of the molecule is CCOC(=O)Oc1ccc(C(=O)Nc2ccccc2NC(=O)C(C)Oc2ccc(Cl)cc2)cc1. The Morgan fingerprint density at radius 2 is 1.44 bits per heavy atom. The number of ether oxygens (including phenoxy) is 3. The fraction of sp³-hybridized carbons (Fsp3) is 0.160. The van der Waals surface area contributed by atoms with Crippen LogP contribution in [0.2, 0.25) is 5.02 Å². The van der Waals surface area contributed by atoms with Crippen LogP contribution in [0.4, 0.5) is 16.2 Å². The van der Waals surface area contributed by atoms with Crippen LogP contribution in [0.5, 0.6) is 11.5 Å². The summed E-state index contributed by atoms with van der Waals surface area (Å²) >= 11 is 5.87. The van der Waals surface area contributed by atoms with Crippen LogP contribution in [0.3, 0.4) is 0 Å². The van der Waals surface area contributed by atoms with Crippen LogP contribution in [0, 0.1) is 0 Å². The van der Waals surface area contributed by atoms with Gasteiger partial charge in [-0.25, -0.2) is 4.79 Å². The van der Waals surface area contributed by atoms with E-state index in [0.29, 0.717) is 27.7 Å². The zero-order chi connectivity index (χ0) is 24.5. The second-order valence-electron chi connectivity index (χ2n) is 7.01. The van der Waals surface area contributed by atoms with E-state index >= 15 is 0 Å². The Labute approximate surface area is 201 Å². The normalized spacial score (nSPS) is 11.1. The third-order valence-electron chi connectivity index (χ3n) is 4.51. The molecular formula is C25H23ClN2O6. The highest BCUT2D eigenvalue weighted by Gasteiger charge is 2.17. The molecule has 1 atom stereocenters. The van der Waals surface area contributed by atoms with Gasteiger partial charge in [-0.05, 0) is 74.5 Å². The lowest BCUT2D eigenvalue weighted by molar-refractivity contribution is -0.122. The maximum Gasteiger partial charge on any atom is 0.513 e. The second kappa shape index (κ2) is 11.7. The number of hydrogen-bond donors (Lipinski definition) is 2. The Hall–Kier alpha value is -4.04. The molecule has 0 spiro atoms. The molecule has 0 aliphatic rings. The molecule has 3 rings (SSSR count). The van der Waals surface area contributed by atoms with Crippen LogP contribution < -0.4 is 20.1 Å².